The lowest BCUT2D eigenvalue weighted by Crippen LogP contribution is -2.43. The Morgan fingerprint density at radius 2 is 2.04 bits per heavy atom. The van der Waals surface area contributed by atoms with E-state index in [0.29, 0.717) is 0 Å². The number of guanidine groups is 1. The van der Waals surface area contributed by atoms with Gasteiger partial charge in [-0.15, -0.1) is 24.0 Å². The van der Waals surface area contributed by atoms with E-state index >= 15 is 0 Å². The Morgan fingerprint density at radius 3 is 2.67 bits per heavy atom. The number of aliphatic imine (C=N–C) groups is 1. The summed E-state index contributed by atoms with van der Waals surface area (Å²) in [5.74, 6) is 1.04. The van der Waals surface area contributed by atoms with E-state index in [-0.39, 0.29) is 24.0 Å². The monoisotopic (exact) mass is 486 g/mol. The van der Waals surface area contributed by atoms with Gasteiger partial charge in [-0.2, -0.15) is 0 Å². The van der Waals surface area contributed by atoms with Crippen molar-refractivity contribution < 1.29 is 4.74 Å². The molecule has 2 rings (SSSR count). The first-order valence-electron chi connectivity index (χ1n) is 9.69. The molecule has 0 spiro atoms. The van der Waals surface area contributed by atoms with E-state index in [1.165, 1.54) is 11.1 Å². The number of nitrogens with zero attached hydrogens (tertiary/aromatic N) is 3. The molecule has 5 nitrogen and oxygen atoms in total. The fourth-order valence-electron chi connectivity index (χ4n) is 3.09. The SMILES string of the molecule is CCNC(=NCCCN(C)CCOC)N1CC=C(c2ccccc2)CC1.I. The molecule has 0 amide bonds. The lowest BCUT2D eigenvalue weighted by atomic mass is 10.00. The molecule has 1 aromatic rings. The first-order chi connectivity index (χ1) is 12.7. The van der Waals surface area contributed by atoms with Crippen molar-refractivity contribution in [2.24, 2.45) is 4.99 Å². The molecule has 152 valence electrons. The molecular weight excluding hydrogens is 451 g/mol. The third-order valence-electron chi connectivity index (χ3n) is 4.62. The van der Waals surface area contributed by atoms with Crippen molar-refractivity contribution >= 4 is 35.5 Å². The summed E-state index contributed by atoms with van der Waals surface area (Å²) in [6.07, 6.45) is 4.46. The Hall–Kier alpha value is -1.12. The van der Waals surface area contributed by atoms with E-state index in [2.05, 4.69) is 65.5 Å². The predicted octanol–water partition coefficient (Wildman–Crippen LogP) is 3.33. The average Bonchev–Trinajstić information content (AvgIpc) is 2.69. The number of ether oxygens (including phenoxy) is 1. The highest BCUT2D eigenvalue weighted by Crippen LogP contribution is 2.21. The van der Waals surface area contributed by atoms with Crippen LogP contribution in [0.3, 0.4) is 0 Å². The molecule has 0 fully saturated rings. The van der Waals surface area contributed by atoms with Crippen LogP contribution in [0.2, 0.25) is 0 Å². The zero-order valence-electron chi connectivity index (χ0n) is 17.0. The Labute approximate surface area is 181 Å². The molecule has 0 saturated heterocycles. The molecule has 27 heavy (non-hydrogen) atoms. The number of rotatable bonds is 9. The van der Waals surface area contributed by atoms with E-state index in [0.717, 1.165) is 64.7 Å². The van der Waals surface area contributed by atoms with Crippen LogP contribution in [0.15, 0.2) is 41.4 Å². The fraction of sp³-hybridized carbons (Fsp3) is 0.571. The Balaban J connectivity index is 0.00000364. The molecule has 0 aliphatic carbocycles. The van der Waals surface area contributed by atoms with E-state index in [9.17, 15) is 0 Å². The van der Waals surface area contributed by atoms with Crippen molar-refractivity contribution in [1.82, 2.24) is 15.1 Å². The van der Waals surface area contributed by atoms with Crippen molar-refractivity contribution in [3.8, 4) is 0 Å². The summed E-state index contributed by atoms with van der Waals surface area (Å²) < 4.78 is 5.12. The fourth-order valence-corrected chi connectivity index (χ4v) is 3.09. The van der Waals surface area contributed by atoms with Gasteiger partial charge in [-0.1, -0.05) is 36.4 Å². The highest BCUT2D eigenvalue weighted by atomic mass is 127. The maximum atomic E-state index is 5.12. The van der Waals surface area contributed by atoms with Crippen LogP contribution >= 0.6 is 24.0 Å². The van der Waals surface area contributed by atoms with E-state index in [1.54, 1.807) is 7.11 Å². The van der Waals surface area contributed by atoms with Crippen LogP contribution in [0, 0.1) is 0 Å². The molecule has 6 heteroatoms. The van der Waals surface area contributed by atoms with Crippen molar-refractivity contribution in [2.45, 2.75) is 19.8 Å². The number of halogens is 1. The van der Waals surface area contributed by atoms with E-state index in [1.807, 2.05) is 0 Å². The van der Waals surface area contributed by atoms with Crippen molar-refractivity contribution in [3.63, 3.8) is 0 Å². The lowest BCUT2D eigenvalue weighted by molar-refractivity contribution is 0.161. The third-order valence-corrected chi connectivity index (χ3v) is 4.62. The maximum absolute atomic E-state index is 5.12. The number of benzene rings is 1. The minimum atomic E-state index is 0. The summed E-state index contributed by atoms with van der Waals surface area (Å²) in [5.41, 5.74) is 2.78. The van der Waals surface area contributed by atoms with Gasteiger partial charge in [0.2, 0.25) is 0 Å². The van der Waals surface area contributed by atoms with Crippen molar-refractivity contribution in [1.29, 1.82) is 0 Å². The summed E-state index contributed by atoms with van der Waals surface area (Å²) in [6.45, 7) is 8.62. The molecule has 1 aliphatic heterocycles. The quantitative estimate of drug-likeness (QED) is 0.252. The Bertz CT molecular complexity index is 577. The first kappa shape index (κ1) is 23.9. The molecule has 1 heterocycles. The number of hydrogen-bond acceptors (Lipinski definition) is 3. The molecular formula is C21H35IN4O. The zero-order chi connectivity index (χ0) is 18.6. The highest BCUT2D eigenvalue weighted by molar-refractivity contribution is 14.0. The van der Waals surface area contributed by atoms with Gasteiger partial charge in [0.15, 0.2) is 5.96 Å². The Morgan fingerprint density at radius 1 is 1.26 bits per heavy atom. The maximum Gasteiger partial charge on any atom is 0.194 e. The topological polar surface area (TPSA) is 40.1 Å². The van der Waals surface area contributed by atoms with Crippen LogP contribution in [0.4, 0.5) is 0 Å². The molecule has 0 radical (unpaired) electrons. The van der Waals surface area contributed by atoms with Crippen LogP contribution in [-0.2, 0) is 4.74 Å². The number of likely N-dealkylation sites (N-methyl/N-ethyl adjacent to an activating group) is 1. The molecule has 0 aromatic heterocycles. The summed E-state index contributed by atoms with van der Waals surface area (Å²) in [6, 6.07) is 10.7. The minimum Gasteiger partial charge on any atom is -0.383 e. The van der Waals surface area contributed by atoms with Crippen LogP contribution in [0.1, 0.15) is 25.3 Å². The highest BCUT2D eigenvalue weighted by Gasteiger charge is 2.15. The Kier molecular flexibility index (Phi) is 12.4. The predicted molar refractivity (Wildman–Crippen MR) is 126 cm³/mol. The number of hydrogen-bond donors (Lipinski definition) is 1. The van der Waals surface area contributed by atoms with Gasteiger partial charge in [0.1, 0.15) is 0 Å². The first-order valence-corrected chi connectivity index (χ1v) is 9.69. The van der Waals surface area contributed by atoms with E-state index < -0.39 is 0 Å². The normalized spacial score (nSPS) is 14.7. The number of nitrogens with one attached hydrogen (secondary N) is 1. The molecule has 0 bridgehead atoms. The number of methoxy groups -OCH3 is 1. The molecule has 0 atom stereocenters. The minimum absolute atomic E-state index is 0. The molecule has 1 N–H and O–H groups in total. The van der Waals surface area contributed by atoms with Gasteiger partial charge in [-0.25, -0.2) is 0 Å². The zero-order valence-corrected chi connectivity index (χ0v) is 19.3. The molecule has 1 aromatic carbocycles. The largest absolute Gasteiger partial charge is 0.383 e. The van der Waals surface area contributed by atoms with Gasteiger partial charge in [-0.3, -0.25) is 4.99 Å². The van der Waals surface area contributed by atoms with Gasteiger partial charge in [-0.05, 0) is 44.5 Å². The van der Waals surface area contributed by atoms with Crippen LogP contribution in [0.5, 0.6) is 0 Å². The van der Waals surface area contributed by atoms with Gasteiger partial charge in [0, 0.05) is 39.8 Å². The molecule has 1 aliphatic rings. The second-order valence-corrected chi connectivity index (χ2v) is 6.68. The van der Waals surface area contributed by atoms with Gasteiger partial charge >= 0.3 is 0 Å². The van der Waals surface area contributed by atoms with Gasteiger partial charge < -0.3 is 19.9 Å². The van der Waals surface area contributed by atoms with E-state index in [4.69, 9.17) is 9.73 Å². The standard InChI is InChI=1S/C21H34N4O.HI/c1-4-22-21(23-13-8-14-24(2)17-18-26-3)25-15-11-20(12-16-25)19-9-6-5-7-10-19;/h5-7,9-11H,4,8,12-18H2,1-3H3,(H,22,23);1H. The van der Waals surface area contributed by atoms with Gasteiger partial charge in [0.05, 0.1) is 6.61 Å². The summed E-state index contributed by atoms with van der Waals surface area (Å²) in [4.78, 5) is 9.48. The second-order valence-electron chi connectivity index (χ2n) is 6.68. The van der Waals surface area contributed by atoms with Crippen LogP contribution < -0.4 is 5.32 Å². The van der Waals surface area contributed by atoms with Gasteiger partial charge in [0.25, 0.3) is 0 Å². The van der Waals surface area contributed by atoms with Crippen LogP contribution in [-0.4, -0.2) is 75.8 Å². The summed E-state index contributed by atoms with van der Waals surface area (Å²) >= 11 is 0. The summed E-state index contributed by atoms with van der Waals surface area (Å²) in [7, 11) is 3.88. The van der Waals surface area contributed by atoms with Crippen molar-refractivity contribution in [2.75, 3.05) is 60.0 Å². The second kappa shape index (κ2) is 14.0. The van der Waals surface area contributed by atoms with Crippen molar-refractivity contribution in [3.05, 3.63) is 42.0 Å². The smallest absolute Gasteiger partial charge is 0.194 e. The summed E-state index contributed by atoms with van der Waals surface area (Å²) in [5, 5.41) is 3.44. The molecule has 0 unspecified atom stereocenters. The lowest BCUT2D eigenvalue weighted by Gasteiger charge is -2.30. The third kappa shape index (κ3) is 8.62. The average molecular weight is 486 g/mol. The van der Waals surface area contributed by atoms with Crippen LogP contribution in [0.25, 0.3) is 5.57 Å². The molecule has 0 saturated carbocycles.